The number of hydrazine groups is 1. The summed E-state index contributed by atoms with van der Waals surface area (Å²) >= 11 is 0. The predicted molar refractivity (Wildman–Crippen MR) is 351 cm³/mol. The Labute approximate surface area is 525 Å². The molecule has 478 valence electrons. The average Bonchev–Trinajstić information content (AvgIpc) is 2.68. The van der Waals surface area contributed by atoms with Gasteiger partial charge in [-0.2, -0.15) is 0 Å². The maximum Gasteiger partial charge on any atom is 0.333 e. The summed E-state index contributed by atoms with van der Waals surface area (Å²) in [7, 11) is 6.50. The molecular formula is C69H91N9O11. The van der Waals surface area contributed by atoms with Gasteiger partial charge < -0.3 is 69.5 Å². The minimum Gasteiger partial charge on any atom is -0.493 e. The Hall–Kier alpha value is -8.56. The number of piperidine rings is 2. The van der Waals surface area contributed by atoms with Crippen LogP contribution in [0.3, 0.4) is 0 Å². The fourth-order valence-electron chi connectivity index (χ4n) is 10.3. The first kappa shape index (κ1) is 67.9. The number of anilines is 4. The highest BCUT2D eigenvalue weighted by atomic mass is 16.5. The maximum absolute atomic E-state index is 13.5. The lowest BCUT2D eigenvalue weighted by molar-refractivity contribution is 0.0976. The molecule has 2 aliphatic rings. The number of amides is 6. The summed E-state index contributed by atoms with van der Waals surface area (Å²) in [5, 5.41) is 22.7. The summed E-state index contributed by atoms with van der Waals surface area (Å²) in [5.41, 5.74) is 5.99. The lowest BCUT2D eigenvalue weighted by Crippen LogP contribution is -2.39. The molecule has 6 aromatic rings. The van der Waals surface area contributed by atoms with Crippen LogP contribution >= 0.6 is 0 Å². The van der Waals surface area contributed by atoms with Crippen molar-refractivity contribution in [3.8, 4) is 46.0 Å². The Kier molecular flexibility index (Phi) is 27.1. The summed E-state index contributed by atoms with van der Waals surface area (Å²) in [5.74, 6) is 3.96. The standard InChI is InChI=1S/C37H50N4O6.C32H41N5O5/c1-5-8-21-40-22-19-33(20-23-40)46-31-14-9-27(10-15-31)36(43)41(24-25-42)30-12-16-32(17-13-30)47-34-18-11-29(26-35(34)45-4)39-37(44)38-28(6-2)7-3;1-5-6-18-37-19-16-27(17-20-37)41-26-13-10-23(11-14-26)31(38)33-24-8-7-9-28(21-24)42-29-15-12-25(22-30(29)40-4)34-32(39)35-36(2)3/h9-18,26,28,33,42H,5-8,19-25H2,1-4H3,(H2,38,39,44);7-15,21-22,27H,5-6,16-20H2,1-4H3,(H,33,38)(H2,34,35,39). The highest BCUT2D eigenvalue weighted by Crippen LogP contribution is 2.37. The molecule has 0 aromatic heterocycles. The lowest BCUT2D eigenvalue weighted by Gasteiger charge is -2.32. The van der Waals surface area contributed by atoms with Crippen LogP contribution in [0, 0.1) is 0 Å². The second-order valence-electron chi connectivity index (χ2n) is 22.2. The van der Waals surface area contributed by atoms with Gasteiger partial charge >= 0.3 is 12.1 Å². The van der Waals surface area contributed by atoms with Crippen LogP contribution in [-0.4, -0.2) is 143 Å². The number of nitrogens with one attached hydrogen (secondary N) is 5. The van der Waals surface area contributed by atoms with Crippen LogP contribution in [0.15, 0.2) is 133 Å². The molecule has 6 aromatic carbocycles. The first-order chi connectivity index (χ1) is 43.2. The van der Waals surface area contributed by atoms with Crippen molar-refractivity contribution in [3.63, 3.8) is 0 Å². The number of unbranched alkanes of at least 4 members (excludes halogenated alkanes) is 2. The van der Waals surface area contributed by atoms with Gasteiger partial charge in [-0.3, -0.25) is 15.0 Å². The van der Waals surface area contributed by atoms with Crippen LogP contribution in [0.2, 0.25) is 0 Å². The molecule has 0 unspecified atom stereocenters. The minimum atomic E-state index is -0.375. The van der Waals surface area contributed by atoms with Crippen molar-refractivity contribution in [2.24, 2.45) is 0 Å². The maximum atomic E-state index is 13.5. The third-order valence-corrected chi connectivity index (χ3v) is 15.3. The fraction of sp³-hybridized carbons (Fsp3) is 0.420. The van der Waals surface area contributed by atoms with E-state index in [1.807, 2.05) is 38.1 Å². The number of rotatable bonds is 28. The van der Waals surface area contributed by atoms with Gasteiger partial charge in [-0.25, -0.2) is 14.6 Å². The monoisotopic (exact) mass is 1220 g/mol. The van der Waals surface area contributed by atoms with Gasteiger partial charge in [-0.1, -0.05) is 46.6 Å². The minimum absolute atomic E-state index is 0.111. The number of hydrogen-bond acceptors (Lipinski definition) is 14. The third-order valence-electron chi connectivity index (χ3n) is 15.3. The number of likely N-dealkylation sites (tertiary alicyclic amines) is 2. The van der Waals surface area contributed by atoms with Crippen molar-refractivity contribution in [2.75, 3.05) is 102 Å². The van der Waals surface area contributed by atoms with E-state index in [0.29, 0.717) is 68.4 Å². The highest BCUT2D eigenvalue weighted by Gasteiger charge is 2.24. The predicted octanol–water partition coefficient (Wildman–Crippen LogP) is 13.1. The number of methoxy groups -OCH3 is 2. The van der Waals surface area contributed by atoms with Crippen LogP contribution in [-0.2, 0) is 0 Å². The van der Waals surface area contributed by atoms with E-state index < -0.39 is 0 Å². The molecule has 8 rings (SSSR count). The summed E-state index contributed by atoms with van der Waals surface area (Å²) in [6.07, 6.45) is 11.0. The van der Waals surface area contributed by atoms with E-state index in [4.69, 9.17) is 28.4 Å². The van der Waals surface area contributed by atoms with Crippen molar-refractivity contribution >= 4 is 46.6 Å². The normalized spacial score (nSPS) is 13.7. The van der Waals surface area contributed by atoms with Gasteiger partial charge in [0.1, 0.15) is 35.2 Å². The van der Waals surface area contributed by atoms with Crippen molar-refractivity contribution in [2.45, 2.75) is 110 Å². The van der Waals surface area contributed by atoms with Crippen LogP contribution in [0.1, 0.15) is 113 Å². The van der Waals surface area contributed by atoms with Crippen molar-refractivity contribution in [1.82, 2.24) is 25.6 Å². The molecule has 0 spiro atoms. The largest absolute Gasteiger partial charge is 0.493 e. The molecule has 0 atom stereocenters. The topological polar surface area (TPSA) is 217 Å². The van der Waals surface area contributed by atoms with E-state index in [0.717, 1.165) is 82.7 Å². The van der Waals surface area contributed by atoms with Gasteiger partial charge in [-0.05, 0) is 174 Å². The molecule has 0 saturated carbocycles. The van der Waals surface area contributed by atoms with Crippen LogP contribution < -0.4 is 60.0 Å². The Morgan fingerprint density at radius 2 is 1.03 bits per heavy atom. The van der Waals surface area contributed by atoms with Crippen molar-refractivity contribution < 1.29 is 52.7 Å². The number of carbonyl (C=O) groups is 4. The molecule has 89 heavy (non-hydrogen) atoms. The zero-order chi connectivity index (χ0) is 63.5. The molecule has 20 nitrogen and oxygen atoms in total. The van der Waals surface area contributed by atoms with Crippen molar-refractivity contribution in [1.29, 1.82) is 0 Å². The Bertz CT molecular complexity index is 3150. The molecule has 6 N–H and O–H groups in total. The van der Waals surface area contributed by atoms with Gasteiger partial charge in [0.2, 0.25) is 0 Å². The number of urea groups is 2. The summed E-state index contributed by atoms with van der Waals surface area (Å²) < 4.78 is 35.5. The van der Waals surface area contributed by atoms with E-state index in [9.17, 15) is 24.3 Å². The molecule has 2 heterocycles. The van der Waals surface area contributed by atoms with E-state index in [1.54, 1.807) is 133 Å². The molecule has 6 amide bonds. The second-order valence-corrected chi connectivity index (χ2v) is 22.2. The molecular weight excluding hydrogens is 1130 g/mol. The molecule has 0 aliphatic carbocycles. The first-order valence-electron chi connectivity index (χ1n) is 31.2. The Balaban J connectivity index is 0.000000255. The molecule has 0 radical (unpaired) electrons. The van der Waals surface area contributed by atoms with Gasteiger partial charge in [0, 0.05) is 105 Å². The number of hydrogen-bond donors (Lipinski definition) is 6. The molecule has 2 aliphatic heterocycles. The highest BCUT2D eigenvalue weighted by molar-refractivity contribution is 6.06. The van der Waals surface area contributed by atoms with Crippen LogP contribution in [0.4, 0.5) is 32.3 Å². The van der Waals surface area contributed by atoms with Gasteiger partial charge in [0.25, 0.3) is 11.8 Å². The lowest BCUT2D eigenvalue weighted by atomic mass is 10.1. The van der Waals surface area contributed by atoms with E-state index in [2.05, 4.69) is 50.3 Å². The van der Waals surface area contributed by atoms with Gasteiger partial charge in [-0.15, -0.1) is 0 Å². The first-order valence-corrected chi connectivity index (χ1v) is 31.2. The summed E-state index contributed by atoms with van der Waals surface area (Å²) in [6.45, 7) is 15.0. The average molecular weight is 1220 g/mol. The summed E-state index contributed by atoms with van der Waals surface area (Å²) in [4.78, 5) is 57.3. The van der Waals surface area contributed by atoms with Crippen molar-refractivity contribution in [3.05, 3.63) is 145 Å². The summed E-state index contributed by atoms with van der Waals surface area (Å²) in [6, 6.07) is 38.4. The van der Waals surface area contributed by atoms with Gasteiger partial charge in [0.05, 0.1) is 20.8 Å². The number of carbonyl (C=O) groups excluding carboxylic acids is 4. The molecule has 20 heteroatoms. The zero-order valence-electron chi connectivity index (χ0n) is 53.0. The van der Waals surface area contributed by atoms with Crippen LogP contribution in [0.25, 0.3) is 0 Å². The number of benzene rings is 6. The SMILES string of the molecule is CCCCN1CCC(Oc2ccc(C(=O)N(CCO)c3ccc(Oc4ccc(NC(=O)NC(CC)CC)cc4OC)cc3)cc2)CC1.CCCCN1CCC(Oc2ccc(C(=O)Nc3cccc(Oc4ccc(NC(=O)NN(C)C)cc4OC)c3)cc2)CC1. The van der Waals surface area contributed by atoms with E-state index in [1.165, 1.54) is 46.4 Å². The third kappa shape index (κ3) is 21.6. The zero-order valence-corrected chi connectivity index (χ0v) is 53.0. The molecule has 0 bridgehead atoms. The molecule has 2 fully saturated rings. The Morgan fingerprint density at radius 3 is 1.52 bits per heavy atom. The van der Waals surface area contributed by atoms with Crippen LogP contribution in [0.5, 0.6) is 46.0 Å². The van der Waals surface area contributed by atoms with E-state index >= 15 is 0 Å². The number of ether oxygens (including phenoxy) is 6. The number of nitrogens with zero attached hydrogens (tertiary/aromatic N) is 4. The quantitative estimate of drug-likeness (QED) is 0.0252. The smallest absolute Gasteiger partial charge is 0.333 e. The second kappa shape index (κ2) is 35.4. The Morgan fingerprint density at radius 1 is 0.551 bits per heavy atom. The fourth-order valence-corrected chi connectivity index (χ4v) is 10.3. The number of aliphatic hydroxyl groups is 1. The van der Waals surface area contributed by atoms with E-state index in [-0.39, 0.29) is 55.3 Å². The number of aliphatic hydroxyl groups excluding tert-OH is 1. The van der Waals surface area contributed by atoms with Gasteiger partial charge in [0.15, 0.2) is 23.0 Å². The molecule has 2 saturated heterocycles.